The van der Waals surface area contributed by atoms with Crippen molar-refractivity contribution in [1.82, 2.24) is 19.8 Å². The molecular formula is C31H39N7. The number of aryl methyl sites for hydroxylation is 1. The third-order valence-corrected chi connectivity index (χ3v) is 7.68. The molecule has 2 fully saturated rings. The smallest absolute Gasteiger partial charge is 0.0843 e. The van der Waals surface area contributed by atoms with E-state index in [1.165, 1.54) is 24.9 Å². The highest BCUT2D eigenvalue weighted by molar-refractivity contribution is 6.13. The number of hydrogen-bond acceptors (Lipinski definition) is 7. The Balaban J connectivity index is 1.28. The molecule has 7 nitrogen and oxygen atoms in total. The highest BCUT2D eigenvalue weighted by Crippen LogP contribution is 2.28. The van der Waals surface area contributed by atoms with E-state index in [4.69, 9.17) is 5.41 Å². The number of nitrogens with zero attached hydrogens (tertiary/aromatic N) is 5. The van der Waals surface area contributed by atoms with Gasteiger partial charge in [0.25, 0.3) is 0 Å². The number of benzene rings is 1. The molecular weight excluding hydrogens is 470 g/mol. The summed E-state index contributed by atoms with van der Waals surface area (Å²) >= 11 is 0. The Morgan fingerprint density at radius 2 is 1.74 bits per heavy atom. The molecule has 4 heterocycles. The van der Waals surface area contributed by atoms with Crippen LogP contribution in [0.25, 0.3) is 11.1 Å². The Morgan fingerprint density at radius 3 is 2.53 bits per heavy atom. The maximum absolute atomic E-state index is 8.95. The van der Waals surface area contributed by atoms with Crippen LogP contribution in [-0.4, -0.2) is 71.8 Å². The summed E-state index contributed by atoms with van der Waals surface area (Å²) in [6, 6.07) is 12.5. The molecule has 0 bridgehead atoms. The first kappa shape index (κ1) is 26.1. The topological polar surface area (TPSA) is 71.4 Å². The molecule has 0 radical (unpaired) electrons. The van der Waals surface area contributed by atoms with Gasteiger partial charge in [0, 0.05) is 75.0 Å². The van der Waals surface area contributed by atoms with E-state index in [2.05, 4.69) is 73.9 Å². The molecule has 2 aliphatic rings. The van der Waals surface area contributed by atoms with Gasteiger partial charge < -0.3 is 15.1 Å². The molecule has 198 valence electrons. The second-order valence-electron chi connectivity index (χ2n) is 10.6. The lowest BCUT2D eigenvalue weighted by molar-refractivity contribution is 0.147. The molecule has 2 N–H and O–H groups in total. The Hall–Kier alpha value is -3.55. The number of piperazine rings is 1. The van der Waals surface area contributed by atoms with Gasteiger partial charge in [-0.05, 0) is 68.6 Å². The van der Waals surface area contributed by atoms with Crippen molar-refractivity contribution in [1.29, 1.82) is 5.41 Å². The third-order valence-electron chi connectivity index (χ3n) is 7.68. The van der Waals surface area contributed by atoms with Crippen molar-refractivity contribution >= 4 is 17.1 Å². The summed E-state index contributed by atoms with van der Waals surface area (Å²) in [7, 11) is 2.17. The summed E-state index contributed by atoms with van der Waals surface area (Å²) in [5.74, 6) is 0. The van der Waals surface area contributed by atoms with Crippen LogP contribution in [0.2, 0.25) is 0 Å². The Labute approximate surface area is 226 Å². The zero-order valence-electron chi connectivity index (χ0n) is 22.7. The largest absolute Gasteiger partial charge is 0.370 e. The highest BCUT2D eigenvalue weighted by atomic mass is 15.2. The van der Waals surface area contributed by atoms with Crippen molar-refractivity contribution in [3.63, 3.8) is 0 Å². The van der Waals surface area contributed by atoms with E-state index < -0.39 is 0 Å². The molecule has 38 heavy (non-hydrogen) atoms. The monoisotopic (exact) mass is 509 g/mol. The molecule has 0 unspecified atom stereocenters. The van der Waals surface area contributed by atoms with Gasteiger partial charge in [0.2, 0.25) is 0 Å². The van der Waals surface area contributed by atoms with Crippen molar-refractivity contribution in [3.8, 4) is 11.1 Å². The first-order valence-electron chi connectivity index (χ1n) is 13.7. The first-order valence-corrected chi connectivity index (χ1v) is 13.7. The highest BCUT2D eigenvalue weighted by Gasteiger charge is 2.16. The van der Waals surface area contributed by atoms with E-state index in [0.29, 0.717) is 11.4 Å². The number of likely N-dealkylation sites (N-methyl/N-ethyl adjacent to an activating group) is 1. The van der Waals surface area contributed by atoms with Gasteiger partial charge in [-0.25, -0.2) is 0 Å². The lowest BCUT2D eigenvalue weighted by Crippen LogP contribution is -2.44. The predicted octanol–water partition coefficient (Wildman–Crippen LogP) is 5.18. The molecule has 2 saturated heterocycles. The number of hydrogen-bond donors (Lipinski definition) is 2. The number of piperidine rings is 1. The van der Waals surface area contributed by atoms with Gasteiger partial charge in [-0.2, -0.15) is 0 Å². The maximum atomic E-state index is 8.95. The second kappa shape index (κ2) is 11.9. The van der Waals surface area contributed by atoms with Gasteiger partial charge in [0.1, 0.15) is 0 Å². The fourth-order valence-corrected chi connectivity index (χ4v) is 5.26. The lowest BCUT2D eigenvalue weighted by atomic mass is 9.96. The van der Waals surface area contributed by atoms with Gasteiger partial charge in [-0.3, -0.25) is 20.3 Å². The van der Waals surface area contributed by atoms with Crippen LogP contribution in [0.4, 0.5) is 11.4 Å². The van der Waals surface area contributed by atoms with Crippen LogP contribution in [0.1, 0.15) is 36.1 Å². The molecule has 0 atom stereocenters. The van der Waals surface area contributed by atoms with E-state index in [9.17, 15) is 0 Å². The molecule has 0 saturated carbocycles. The van der Waals surface area contributed by atoms with Gasteiger partial charge in [-0.15, -0.1) is 0 Å². The summed E-state index contributed by atoms with van der Waals surface area (Å²) in [5, 5.41) is 12.3. The molecule has 1 aromatic carbocycles. The van der Waals surface area contributed by atoms with Crippen molar-refractivity contribution in [2.45, 2.75) is 32.7 Å². The van der Waals surface area contributed by atoms with E-state index in [-0.39, 0.29) is 0 Å². The van der Waals surface area contributed by atoms with Crippen LogP contribution < -0.4 is 10.2 Å². The fraction of sp³-hybridized carbons (Fsp3) is 0.387. The van der Waals surface area contributed by atoms with Crippen LogP contribution in [0.5, 0.6) is 0 Å². The standard InChI is InChI=1S/C31H39N7/c1-23-7-8-25(26-17-29(21-33-20-26)38-11-5-4-6-12-38)18-30(23)31(32)24(2)35-27-9-10-34-28(19-27)22-37-15-13-36(3)14-16-37/h7-10,17-21,32H,2,4-6,11-16,22H2,1,3H3,(H,34,35). The molecule has 0 spiro atoms. The van der Waals surface area contributed by atoms with Gasteiger partial charge in [-0.1, -0.05) is 18.7 Å². The quantitative estimate of drug-likeness (QED) is 0.408. The number of rotatable bonds is 8. The minimum atomic E-state index is 0.391. The molecule has 2 aliphatic heterocycles. The van der Waals surface area contributed by atoms with Crippen LogP contribution in [-0.2, 0) is 6.54 Å². The minimum absolute atomic E-state index is 0.391. The molecule has 7 heteroatoms. The van der Waals surface area contributed by atoms with E-state index in [1.54, 1.807) is 0 Å². The van der Waals surface area contributed by atoms with Crippen LogP contribution in [0, 0.1) is 12.3 Å². The fourth-order valence-electron chi connectivity index (χ4n) is 5.26. The zero-order valence-corrected chi connectivity index (χ0v) is 22.7. The van der Waals surface area contributed by atoms with Crippen molar-refractivity contribution in [3.05, 3.63) is 84.1 Å². The number of aromatic nitrogens is 2. The van der Waals surface area contributed by atoms with Crippen LogP contribution >= 0.6 is 0 Å². The summed E-state index contributed by atoms with van der Waals surface area (Å²) in [6.07, 6.45) is 9.49. The normalized spacial score (nSPS) is 16.8. The Kier molecular flexibility index (Phi) is 8.15. The number of anilines is 2. The van der Waals surface area contributed by atoms with Gasteiger partial charge in [0.15, 0.2) is 0 Å². The van der Waals surface area contributed by atoms with E-state index >= 15 is 0 Å². The van der Waals surface area contributed by atoms with Crippen LogP contribution in [0.15, 0.2) is 67.3 Å². The number of nitrogens with one attached hydrogen (secondary N) is 2. The van der Waals surface area contributed by atoms with Crippen molar-refractivity contribution < 1.29 is 0 Å². The van der Waals surface area contributed by atoms with Gasteiger partial charge in [0.05, 0.1) is 29.0 Å². The minimum Gasteiger partial charge on any atom is -0.370 e. The molecule has 3 aromatic rings. The van der Waals surface area contributed by atoms with Gasteiger partial charge >= 0.3 is 0 Å². The lowest BCUT2D eigenvalue weighted by Gasteiger charge is -2.32. The van der Waals surface area contributed by atoms with E-state index in [0.717, 1.165) is 79.4 Å². The average molecular weight is 510 g/mol. The Bertz CT molecular complexity index is 1290. The summed E-state index contributed by atoms with van der Waals surface area (Å²) in [4.78, 5) is 16.3. The SMILES string of the molecule is C=C(Nc1ccnc(CN2CCN(C)CC2)c1)C(=N)c1cc(-c2cncc(N3CCCCC3)c2)ccc1C. The zero-order chi connectivity index (χ0) is 26.5. The van der Waals surface area contributed by atoms with Crippen LogP contribution in [0.3, 0.4) is 0 Å². The number of allylic oxidation sites excluding steroid dienone is 1. The molecule has 0 amide bonds. The Morgan fingerprint density at radius 1 is 0.947 bits per heavy atom. The van der Waals surface area contributed by atoms with Crippen molar-refractivity contribution in [2.24, 2.45) is 0 Å². The molecule has 0 aliphatic carbocycles. The third kappa shape index (κ3) is 6.29. The molecule has 5 rings (SSSR count). The number of pyridine rings is 2. The summed E-state index contributed by atoms with van der Waals surface area (Å²) in [5.41, 5.74) is 8.13. The first-order chi connectivity index (χ1) is 18.5. The van der Waals surface area contributed by atoms with E-state index in [1.807, 2.05) is 31.6 Å². The molecule has 2 aromatic heterocycles. The predicted molar refractivity (Wildman–Crippen MR) is 157 cm³/mol. The summed E-state index contributed by atoms with van der Waals surface area (Å²) in [6.45, 7) is 13.5. The summed E-state index contributed by atoms with van der Waals surface area (Å²) < 4.78 is 0. The average Bonchev–Trinajstić information content (AvgIpc) is 2.95. The second-order valence-corrected chi connectivity index (χ2v) is 10.6. The maximum Gasteiger partial charge on any atom is 0.0843 e. The van der Waals surface area contributed by atoms with Crippen molar-refractivity contribution in [2.75, 3.05) is 56.5 Å².